The maximum absolute atomic E-state index is 12.5. The summed E-state index contributed by atoms with van der Waals surface area (Å²) < 4.78 is 9.84. The molecule has 0 amide bonds. The van der Waals surface area contributed by atoms with E-state index in [1.54, 1.807) is 0 Å². The Morgan fingerprint density at radius 3 is 2.44 bits per heavy atom. The molecule has 25 heavy (non-hydrogen) atoms. The highest BCUT2D eigenvalue weighted by molar-refractivity contribution is 9.10. The minimum Gasteiger partial charge on any atom is -0.356 e. The molecule has 7 nitrogen and oxygen atoms in total. The molecule has 8 heteroatoms. The van der Waals surface area contributed by atoms with Crippen LogP contribution in [0.25, 0.3) is 0 Å². The molecule has 0 atom stereocenters. The smallest absolute Gasteiger partial charge is 0.349 e. The summed E-state index contributed by atoms with van der Waals surface area (Å²) in [7, 11) is 0. The van der Waals surface area contributed by atoms with Gasteiger partial charge in [0.2, 0.25) is 0 Å². The predicted octanol–water partition coefficient (Wildman–Crippen LogP) is 1.84. The maximum Gasteiger partial charge on any atom is 0.349 e. The van der Waals surface area contributed by atoms with Crippen LogP contribution in [0.15, 0.2) is 69.1 Å². The van der Waals surface area contributed by atoms with Gasteiger partial charge in [-0.1, -0.05) is 30.3 Å². The minimum absolute atomic E-state index is 0.0860. The molecule has 0 aliphatic carbocycles. The van der Waals surface area contributed by atoms with Gasteiger partial charge in [0, 0.05) is 18.9 Å². The van der Waals surface area contributed by atoms with E-state index in [0.29, 0.717) is 19.7 Å². The van der Waals surface area contributed by atoms with Crippen LogP contribution in [-0.4, -0.2) is 18.9 Å². The standard InChI is InChI=1S/C17H17BrN4O3/c18-15-16(23)21(13-25-12-14-6-2-1-3-7-14)17(24)22(19-15)11-10-20-8-4-5-9-20/h1-9H,10-13H2. The summed E-state index contributed by atoms with van der Waals surface area (Å²) in [5, 5.41) is 4.02. The monoisotopic (exact) mass is 404 g/mol. The summed E-state index contributed by atoms with van der Waals surface area (Å²) in [5.41, 5.74) is -0.0275. The van der Waals surface area contributed by atoms with E-state index in [2.05, 4.69) is 21.0 Å². The van der Waals surface area contributed by atoms with E-state index in [-0.39, 0.29) is 11.3 Å². The number of hydrogen-bond donors (Lipinski definition) is 0. The Morgan fingerprint density at radius 2 is 1.72 bits per heavy atom. The molecule has 2 aromatic heterocycles. The minimum atomic E-state index is -0.504. The van der Waals surface area contributed by atoms with Gasteiger partial charge in [0.15, 0.2) is 4.60 Å². The zero-order valence-corrected chi connectivity index (χ0v) is 15.0. The van der Waals surface area contributed by atoms with Crippen molar-refractivity contribution in [1.29, 1.82) is 0 Å². The second-order valence-electron chi connectivity index (χ2n) is 5.41. The van der Waals surface area contributed by atoms with E-state index in [0.717, 1.165) is 10.1 Å². The molecule has 2 heterocycles. The first-order valence-electron chi connectivity index (χ1n) is 7.75. The van der Waals surface area contributed by atoms with Crippen molar-refractivity contribution in [2.75, 3.05) is 0 Å². The van der Waals surface area contributed by atoms with Crippen molar-refractivity contribution in [1.82, 2.24) is 18.9 Å². The van der Waals surface area contributed by atoms with Gasteiger partial charge >= 0.3 is 5.69 Å². The Bertz CT molecular complexity index is 933. The summed E-state index contributed by atoms with van der Waals surface area (Å²) in [5.74, 6) is 0. The molecule has 0 saturated carbocycles. The lowest BCUT2D eigenvalue weighted by atomic mass is 10.2. The highest BCUT2D eigenvalue weighted by Gasteiger charge is 2.11. The van der Waals surface area contributed by atoms with Gasteiger partial charge in [-0.2, -0.15) is 5.10 Å². The van der Waals surface area contributed by atoms with Crippen molar-refractivity contribution < 1.29 is 4.74 Å². The van der Waals surface area contributed by atoms with Crippen LogP contribution >= 0.6 is 15.9 Å². The van der Waals surface area contributed by atoms with Gasteiger partial charge in [-0.15, -0.1) is 0 Å². The summed E-state index contributed by atoms with van der Waals surface area (Å²) >= 11 is 3.12. The Labute approximate surface area is 152 Å². The largest absolute Gasteiger partial charge is 0.356 e. The first-order valence-corrected chi connectivity index (χ1v) is 8.54. The van der Waals surface area contributed by atoms with Gasteiger partial charge in [0.25, 0.3) is 5.56 Å². The number of nitrogens with zero attached hydrogens (tertiary/aromatic N) is 4. The van der Waals surface area contributed by atoms with Crippen LogP contribution < -0.4 is 11.2 Å². The van der Waals surface area contributed by atoms with Crippen molar-refractivity contribution in [3.05, 3.63) is 85.9 Å². The fourth-order valence-electron chi connectivity index (χ4n) is 2.35. The zero-order chi connectivity index (χ0) is 17.6. The Hall–Kier alpha value is -2.45. The van der Waals surface area contributed by atoms with E-state index in [4.69, 9.17) is 4.74 Å². The predicted molar refractivity (Wildman–Crippen MR) is 96.1 cm³/mol. The second kappa shape index (κ2) is 8.09. The van der Waals surface area contributed by atoms with Gasteiger partial charge in [-0.05, 0) is 33.6 Å². The number of ether oxygens (including phenoxy) is 1. The third-order valence-corrected chi connectivity index (χ3v) is 4.15. The lowest BCUT2D eigenvalue weighted by Crippen LogP contribution is -2.42. The van der Waals surface area contributed by atoms with Crippen molar-refractivity contribution in [3.8, 4) is 0 Å². The third kappa shape index (κ3) is 4.34. The number of benzene rings is 1. The molecule has 0 unspecified atom stereocenters. The molecule has 130 valence electrons. The zero-order valence-electron chi connectivity index (χ0n) is 13.4. The number of rotatable bonds is 7. The Kier molecular flexibility index (Phi) is 5.62. The molecule has 0 radical (unpaired) electrons. The molecule has 0 aliphatic rings. The van der Waals surface area contributed by atoms with E-state index in [1.165, 1.54) is 4.68 Å². The van der Waals surface area contributed by atoms with Gasteiger partial charge in [0.1, 0.15) is 6.73 Å². The van der Waals surface area contributed by atoms with E-state index in [9.17, 15) is 9.59 Å². The van der Waals surface area contributed by atoms with Crippen molar-refractivity contribution in [2.24, 2.45) is 0 Å². The van der Waals surface area contributed by atoms with Gasteiger partial charge < -0.3 is 9.30 Å². The summed E-state index contributed by atoms with van der Waals surface area (Å²) in [6.45, 7) is 1.12. The van der Waals surface area contributed by atoms with Crippen LogP contribution in [0.3, 0.4) is 0 Å². The van der Waals surface area contributed by atoms with Crippen LogP contribution in [0.2, 0.25) is 0 Å². The van der Waals surface area contributed by atoms with Crippen LogP contribution in [0, 0.1) is 0 Å². The molecular formula is C17H17BrN4O3. The number of halogens is 1. The lowest BCUT2D eigenvalue weighted by Gasteiger charge is -2.11. The maximum atomic E-state index is 12.5. The van der Waals surface area contributed by atoms with Gasteiger partial charge in [-0.3, -0.25) is 4.79 Å². The number of aromatic nitrogens is 4. The molecule has 0 fully saturated rings. The molecule has 0 N–H and O–H groups in total. The highest BCUT2D eigenvalue weighted by atomic mass is 79.9. The molecule has 0 spiro atoms. The fourth-order valence-corrected chi connectivity index (χ4v) is 2.75. The normalized spacial score (nSPS) is 10.9. The second-order valence-corrected chi connectivity index (χ2v) is 6.16. The molecule has 0 aliphatic heterocycles. The Morgan fingerprint density at radius 1 is 1.00 bits per heavy atom. The highest BCUT2D eigenvalue weighted by Crippen LogP contribution is 2.01. The average molecular weight is 405 g/mol. The van der Waals surface area contributed by atoms with Crippen LogP contribution in [0.1, 0.15) is 5.56 Å². The molecule has 1 aromatic carbocycles. The SMILES string of the molecule is O=c1c(Br)nn(CCn2cccc2)c(=O)n1COCc1ccccc1. The molecule has 3 aromatic rings. The number of aryl methyl sites for hydroxylation is 2. The van der Waals surface area contributed by atoms with Crippen molar-refractivity contribution in [2.45, 2.75) is 26.4 Å². The first-order chi connectivity index (χ1) is 12.1. The van der Waals surface area contributed by atoms with E-state index < -0.39 is 11.2 Å². The van der Waals surface area contributed by atoms with Crippen molar-refractivity contribution in [3.63, 3.8) is 0 Å². The van der Waals surface area contributed by atoms with Crippen molar-refractivity contribution >= 4 is 15.9 Å². The number of hydrogen-bond acceptors (Lipinski definition) is 4. The third-order valence-electron chi connectivity index (χ3n) is 3.65. The average Bonchev–Trinajstić information content (AvgIpc) is 3.14. The van der Waals surface area contributed by atoms with Crippen LogP contribution in [0.5, 0.6) is 0 Å². The summed E-state index contributed by atoms with van der Waals surface area (Å²) in [4.78, 5) is 24.7. The molecule has 3 rings (SSSR count). The quantitative estimate of drug-likeness (QED) is 0.602. The molecule has 0 saturated heterocycles. The molecule has 0 bridgehead atoms. The summed E-state index contributed by atoms with van der Waals surface area (Å²) in [6, 6.07) is 13.4. The van der Waals surface area contributed by atoms with Gasteiger partial charge in [-0.25, -0.2) is 14.0 Å². The first kappa shape index (κ1) is 17.4. The van der Waals surface area contributed by atoms with E-state index in [1.807, 2.05) is 59.4 Å². The van der Waals surface area contributed by atoms with Crippen LogP contribution in [-0.2, 0) is 31.2 Å². The summed E-state index contributed by atoms with van der Waals surface area (Å²) in [6.07, 6.45) is 3.80. The topological polar surface area (TPSA) is 71.0 Å². The lowest BCUT2D eigenvalue weighted by molar-refractivity contribution is 0.0567. The molecular weight excluding hydrogens is 388 g/mol. The van der Waals surface area contributed by atoms with E-state index >= 15 is 0 Å². The van der Waals surface area contributed by atoms with Crippen LogP contribution in [0.4, 0.5) is 0 Å². The fraction of sp³-hybridized carbons (Fsp3) is 0.235. The van der Waals surface area contributed by atoms with Gasteiger partial charge in [0.05, 0.1) is 13.2 Å². The Balaban J connectivity index is 1.73.